The number of nitrogens with one attached hydrogen (secondary N) is 2. The second-order valence-corrected chi connectivity index (χ2v) is 3.03. The van der Waals surface area contributed by atoms with Gasteiger partial charge < -0.3 is 15.7 Å². The van der Waals surface area contributed by atoms with Crippen LogP contribution in [0.4, 0.5) is 5.69 Å². The van der Waals surface area contributed by atoms with Crippen molar-refractivity contribution in [1.29, 1.82) is 0 Å². The summed E-state index contributed by atoms with van der Waals surface area (Å²) >= 11 is 0. The summed E-state index contributed by atoms with van der Waals surface area (Å²) in [4.78, 5) is 10.8. The van der Waals surface area contributed by atoms with Crippen LogP contribution in [0.1, 0.15) is 13.8 Å². The molecule has 0 saturated carbocycles. The minimum Gasteiger partial charge on any atom is -0.506 e. The molecule has 0 aromatic heterocycles. The topological polar surface area (TPSA) is 61.4 Å². The van der Waals surface area contributed by atoms with E-state index in [2.05, 4.69) is 10.6 Å². The van der Waals surface area contributed by atoms with Crippen molar-refractivity contribution in [3.05, 3.63) is 36.0 Å². The second kappa shape index (κ2) is 5.80. The molecule has 0 spiro atoms. The number of amides is 1. The van der Waals surface area contributed by atoms with Gasteiger partial charge in [-0.05, 0) is 12.1 Å². The van der Waals surface area contributed by atoms with E-state index in [0.717, 1.165) is 5.70 Å². The Bertz CT molecular complexity index is 400. The number of rotatable bonds is 2. The third-order valence-electron chi connectivity index (χ3n) is 1.96. The van der Waals surface area contributed by atoms with E-state index in [1.807, 2.05) is 19.9 Å². The summed E-state index contributed by atoms with van der Waals surface area (Å²) in [6, 6.07) is 6.89. The molecule has 0 bridgehead atoms. The first-order chi connectivity index (χ1) is 7.75. The lowest BCUT2D eigenvalue weighted by Gasteiger charge is -2.07. The maximum absolute atomic E-state index is 10.8. The van der Waals surface area contributed by atoms with Crippen molar-refractivity contribution in [3.63, 3.8) is 0 Å². The van der Waals surface area contributed by atoms with E-state index in [9.17, 15) is 9.90 Å². The predicted octanol–water partition coefficient (Wildman–Crippen LogP) is 1.84. The standard InChI is InChI=1S/C10H10N2O2.C2H6/c13-9-4-2-1-3-8(9)12-7-5-10(14)11-6-7;1-2/h1-5,12-13H,6H2,(H,11,14);1-2H3. The number of phenolic OH excluding ortho intramolecular Hbond substituents is 1. The SMILES string of the molecule is CC.O=C1C=C(Nc2ccccc2O)CN1. The smallest absolute Gasteiger partial charge is 0.246 e. The fraction of sp³-hybridized carbons (Fsp3) is 0.250. The van der Waals surface area contributed by atoms with Gasteiger partial charge in [-0.25, -0.2) is 0 Å². The molecule has 1 aliphatic rings. The Hall–Kier alpha value is -1.97. The number of carbonyl (C=O) groups is 1. The van der Waals surface area contributed by atoms with Crippen LogP contribution in [-0.2, 0) is 4.79 Å². The van der Waals surface area contributed by atoms with Crippen LogP contribution in [0.15, 0.2) is 36.0 Å². The third-order valence-corrected chi connectivity index (χ3v) is 1.96. The van der Waals surface area contributed by atoms with Crippen LogP contribution in [0.25, 0.3) is 0 Å². The van der Waals surface area contributed by atoms with Gasteiger partial charge in [0.25, 0.3) is 0 Å². The predicted molar refractivity (Wildman–Crippen MR) is 64.2 cm³/mol. The molecule has 1 aromatic carbocycles. The van der Waals surface area contributed by atoms with Crippen molar-refractivity contribution >= 4 is 11.6 Å². The molecular formula is C12H16N2O2. The molecule has 86 valence electrons. The van der Waals surface area contributed by atoms with E-state index >= 15 is 0 Å². The largest absolute Gasteiger partial charge is 0.506 e. The maximum atomic E-state index is 10.8. The molecule has 1 amide bonds. The van der Waals surface area contributed by atoms with Crippen molar-refractivity contribution in [2.45, 2.75) is 13.8 Å². The van der Waals surface area contributed by atoms with Crippen molar-refractivity contribution in [3.8, 4) is 5.75 Å². The van der Waals surface area contributed by atoms with E-state index in [0.29, 0.717) is 12.2 Å². The van der Waals surface area contributed by atoms with E-state index in [-0.39, 0.29) is 11.7 Å². The van der Waals surface area contributed by atoms with E-state index in [1.165, 1.54) is 6.08 Å². The molecule has 0 fully saturated rings. The number of carbonyl (C=O) groups excluding carboxylic acids is 1. The van der Waals surface area contributed by atoms with Crippen molar-refractivity contribution in [2.75, 3.05) is 11.9 Å². The number of hydrogen-bond donors (Lipinski definition) is 3. The van der Waals surface area contributed by atoms with Crippen molar-refractivity contribution < 1.29 is 9.90 Å². The van der Waals surface area contributed by atoms with E-state index in [1.54, 1.807) is 18.2 Å². The highest BCUT2D eigenvalue weighted by atomic mass is 16.3. The number of benzene rings is 1. The fourth-order valence-electron chi connectivity index (χ4n) is 1.28. The Balaban J connectivity index is 0.000000606. The van der Waals surface area contributed by atoms with Gasteiger partial charge in [0.2, 0.25) is 5.91 Å². The molecular weight excluding hydrogens is 204 g/mol. The maximum Gasteiger partial charge on any atom is 0.246 e. The van der Waals surface area contributed by atoms with Gasteiger partial charge in [-0.3, -0.25) is 4.79 Å². The van der Waals surface area contributed by atoms with Gasteiger partial charge in [-0.15, -0.1) is 0 Å². The molecule has 0 unspecified atom stereocenters. The van der Waals surface area contributed by atoms with Crippen LogP contribution in [0.2, 0.25) is 0 Å². The normalized spacial score (nSPS) is 13.4. The molecule has 1 aromatic rings. The van der Waals surface area contributed by atoms with Gasteiger partial charge in [0.1, 0.15) is 5.75 Å². The molecule has 1 aliphatic heterocycles. The Kier molecular flexibility index (Phi) is 4.39. The number of para-hydroxylation sites is 2. The number of phenols is 1. The number of hydrogen-bond acceptors (Lipinski definition) is 3. The fourth-order valence-corrected chi connectivity index (χ4v) is 1.28. The van der Waals surface area contributed by atoms with Crippen LogP contribution < -0.4 is 10.6 Å². The van der Waals surface area contributed by atoms with Crippen molar-refractivity contribution in [2.24, 2.45) is 0 Å². The van der Waals surface area contributed by atoms with Gasteiger partial charge in [0.15, 0.2) is 0 Å². The van der Waals surface area contributed by atoms with Crippen LogP contribution >= 0.6 is 0 Å². The Labute approximate surface area is 95.0 Å². The zero-order valence-electron chi connectivity index (χ0n) is 9.45. The minimum atomic E-state index is -0.108. The lowest BCUT2D eigenvalue weighted by atomic mass is 10.3. The molecule has 3 N–H and O–H groups in total. The quantitative estimate of drug-likeness (QED) is 0.666. The first kappa shape index (κ1) is 12.1. The summed E-state index contributed by atoms with van der Waals surface area (Å²) < 4.78 is 0. The van der Waals surface area contributed by atoms with Crippen LogP contribution in [0.5, 0.6) is 5.75 Å². The second-order valence-electron chi connectivity index (χ2n) is 3.03. The van der Waals surface area contributed by atoms with Gasteiger partial charge in [0, 0.05) is 11.8 Å². The zero-order chi connectivity index (χ0) is 12.0. The Morgan fingerprint density at radius 2 is 2.00 bits per heavy atom. The average Bonchev–Trinajstić information content (AvgIpc) is 2.70. The van der Waals surface area contributed by atoms with E-state index < -0.39 is 0 Å². The lowest BCUT2D eigenvalue weighted by Crippen LogP contribution is -2.16. The minimum absolute atomic E-state index is 0.108. The summed E-state index contributed by atoms with van der Waals surface area (Å²) in [6.07, 6.45) is 1.48. The summed E-state index contributed by atoms with van der Waals surface area (Å²) in [5.74, 6) is 0.0654. The number of aromatic hydroxyl groups is 1. The molecule has 0 radical (unpaired) electrons. The molecule has 0 aliphatic carbocycles. The summed E-state index contributed by atoms with van der Waals surface area (Å²) in [7, 11) is 0. The molecule has 16 heavy (non-hydrogen) atoms. The molecule has 4 nitrogen and oxygen atoms in total. The summed E-state index contributed by atoms with van der Waals surface area (Å²) in [5.41, 5.74) is 1.37. The average molecular weight is 220 g/mol. The van der Waals surface area contributed by atoms with E-state index in [4.69, 9.17) is 0 Å². The summed E-state index contributed by atoms with van der Waals surface area (Å²) in [5, 5.41) is 15.0. The molecule has 0 saturated heterocycles. The zero-order valence-corrected chi connectivity index (χ0v) is 9.45. The van der Waals surface area contributed by atoms with Crippen LogP contribution in [0, 0.1) is 0 Å². The highest BCUT2D eigenvalue weighted by Gasteiger charge is 2.11. The molecule has 1 heterocycles. The van der Waals surface area contributed by atoms with Gasteiger partial charge in [0.05, 0.1) is 12.2 Å². The first-order valence-electron chi connectivity index (χ1n) is 5.29. The van der Waals surface area contributed by atoms with Crippen LogP contribution in [-0.4, -0.2) is 17.6 Å². The highest BCUT2D eigenvalue weighted by molar-refractivity contribution is 5.91. The first-order valence-corrected chi connectivity index (χ1v) is 5.29. The Morgan fingerprint density at radius 3 is 2.56 bits per heavy atom. The monoisotopic (exact) mass is 220 g/mol. The van der Waals surface area contributed by atoms with Crippen LogP contribution in [0.3, 0.4) is 0 Å². The molecule has 2 rings (SSSR count). The number of anilines is 1. The van der Waals surface area contributed by atoms with Gasteiger partial charge in [-0.1, -0.05) is 26.0 Å². The Morgan fingerprint density at radius 1 is 1.31 bits per heavy atom. The third kappa shape index (κ3) is 3.02. The highest BCUT2D eigenvalue weighted by Crippen LogP contribution is 2.23. The summed E-state index contributed by atoms with van der Waals surface area (Å²) in [6.45, 7) is 4.48. The van der Waals surface area contributed by atoms with Gasteiger partial charge >= 0.3 is 0 Å². The lowest BCUT2D eigenvalue weighted by molar-refractivity contribution is -0.115. The van der Waals surface area contributed by atoms with Crippen molar-refractivity contribution in [1.82, 2.24) is 5.32 Å². The van der Waals surface area contributed by atoms with Gasteiger partial charge in [-0.2, -0.15) is 0 Å². The molecule has 4 heteroatoms. The molecule has 0 atom stereocenters.